The molecule has 1 aliphatic rings. The molecule has 0 amide bonds. The molecule has 5 nitrogen and oxygen atoms in total. The zero-order valence-corrected chi connectivity index (χ0v) is 13.2. The Hall–Kier alpha value is -1.17. The lowest BCUT2D eigenvalue weighted by Gasteiger charge is -2.38. The topological polar surface area (TPSA) is 72.4 Å². The number of non-ortho nitro benzene ring substituents is 1. The summed E-state index contributed by atoms with van der Waals surface area (Å²) in [6.07, 6.45) is 4.60. The van der Waals surface area contributed by atoms with Gasteiger partial charge in [-0.25, -0.2) is 0 Å². The minimum absolute atomic E-state index is 0. The highest BCUT2D eigenvalue weighted by molar-refractivity contribution is 5.85. The predicted octanol–water partition coefficient (Wildman–Crippen LogP) is 2.76. The van der Waals surface area contributed by atoms with Crippen LogP contribution in [0.25, 0.3) is 0 Å². The average Bonchev–Trinajstić information content (AvgIpc) is 2.45. The number of halogens is 1. The molecule has 118 valence electrons. The van der Waals surface area contributed by atoms with Gasteiger partial charge < -0.3 is 5.73 Å². The first-order valence-corrected chi connectivity index (χ1v) is 7.31. The number of nitrogens with zero attached hydrogens (tertiary/aromatic N) is 2. The van der Waals surface area contributed by atoms with Crippen LogP contribution in [0.2, 0.25) is 0 Å². The zero-order valence-electron chi connectivity index (χ0n) is 12.4. The van der Waals surface area contributed by atoms with Crippen molar-refractivity contribution in [2.75, 3.05) is 13.1 Å². The molecule has 21 heavy (non-hydrogen) atoms. The third-order valence-corrected chi connectivity index (χ3v) is 4.11. The summed E-state index contributed by atoms with van der Waals surface area (Å²) in [4.78, 5) is 12.7. The van der Waals surface area contributed by atoms with E-state index < -0.39 is 0 Å². The number of nitrogens with two attached hydrogens (primary N) is 1. The van der Waals surface area contributed by atoms with Crippen LogP contribution in [0, 0.1) is 10.1 Å². The lowest BCUT2D eigenvalue weighted by Crippen LogP contribution is -2.49. The highest BCUT2D eigenvalue weighted by Gasteiger charge is 2.24. The Balaban J connectivity index is 0.00000220. The van der Waals surface area contributed by atoms with Crippen LogP contribution in [-0.4, -0.2) is 35.0 Å². The summed E-state index contributed by atoms with van der Waals surface area (Å²) in [6, 6.07) is 7.53. The number of nitro groups is 1. The van der Waals surface area contributed by atoms with Gasteiger partial charge in [0.2, 0.25) is 0 Å². The van der Waals surface area contributed by atoms with Gasteiger partial charge in [-0.1, -0.05) is 18.6 Å². The first-order valence-electron chi connectivity index (χ1n) is 7.31. The van der Waals surface area contributed by atoms with Crippen molar-refractivity contribution < 1.29 is 4.92 Å². The van der Waals surface area contributed by atoms with E-state index in [0.29, 0.717) is 6.04 Å². The first-order chi connectivity index (χ1) is 9.58. The van der Waals surface area contributed by atoms with Crippen LogP contribution in [-0.2, 0) is 6.42 Å². The molecule has 0 saturated carbocycles. The van der Waals surface area contributed by atoms with E-state index in [0.717, 1.165) is 25.1 Å². The van der Waals surface area contributed by atoms with Gasteiger partial charge in [0, 0.05) is 30.8 Å². The first kappa shape index (κ1) is 17.9. The van der Waals surface area contributed by atoms with E-state index in [1.165, 1.54) is 19.3 Å². The minimum Gasteiger partial charge on any atom is -0.327 e. The number of hydrogen-bond donors (Lipinski definition) is 1. The maximum Gasteiger partial charge on any atom is 0.269 e. The molecule has 2 rings (SSSR count). The Bertz CT molecular complexity index is 451. The molecule has 2 unspecified atom stereocenters. The van der Waals surface area contributed by atoms with Crippen LogP contribution < -0.4 is 5.73 Å². The third-order valence-electron chi connectivity index (χ3n) is 4.11. The molecular weight excluding hydrogens is 290 g/mol. The number of likely N-dealkylation sites (tertiary alicyclic amines) is 1. The SMILES string of the molecule is CC(N)C1CCCCN1CCc1ccc([N+](=O)[O-])cc1.Cl. The lowest BCUT2D eigenvalue weighted by atomic mass is 9.96. The summed E-state index contributed by atoms with van der Waals surface area (Å²) < 4.78 is 0. The Labute approximate surface area is 132 Å². The fourth-order valence-corrected chi connectivity index (χ4v) is 2.95. The zero-order chi connectivity index (χ0) is 14.5. The van der Waals surface area contributed by atoms with Gasteiger partial charge >= 0.3 is 0 Å². The molecule has 0 spiro atoms. The highest BCUT2D eigenvalue weighted by atomic mass is 35.5. The quantitative estimate of drug-likeness (QED) is 0.670. The van der Waals surface area contributed by atoms with E-state index in [1.807, 2.05) is 12.1 Å². The molecule has 0 radical (unpaired) electrons. The van der Waals surface area contributed by atoms with Gasteiger partial charge in [0.05, 0.1) is 4.92 Å². The molecule has 1 aromatic rings. The van der Waals surface area contributed by atoms with Crippen molar-refractivity contribution in [3.8, 4) is 0 Å². The Morgan fingerprint density at radius 3 is 2.62 bits per heavy atom. The van der Waals surface area contributed by atoms with Gasteiger partial charge in [-0.05, 0) is 38.3 Å². The Kier molecular flexibility index (Phi) is 7.08. The summed E-state index contributed by atoms with van der Waals surface area (Å²) in [5, 5.41) is 10.6. The van der Waals surface area contributed by atoms with E-state index in [2.05, 4.69) is 11.8 Å². The van der Waals surface area contributed by atoms with Crippen molar-refractivity contribution in [2.45, 2.75) is 44.7 Å². The van der Waals surface area contributed by atoms with Gasteiger partial charge in [-0.2, -0.15) is 0 Å². The number of rotatable bonds is 5. The molecule has 6 heteroatoms. The van der Waals surface area contributed by atoms with Gasteiger partial charge in [0.15, 0.2) is 0 Å². The second kappa shape index (κ2) is 8.32. The summed E-state index contributed by atoms with van der Waals surface area (Å²) in [5.41, 5.74) is 7.36. The monoisotopic (exact) mass is 313 g/mol. The standard InChI is InChI=1S/C15H23N3O2.ClH/c1-12(16)15-4-2-3-10-17(15)11-9-13-5-7-14(8-6-13)18(19)20;/h5-8,12,15H,2-4,9-11,16H2,1H3;1H. The Morgan fingerprint density at radius 1 is 1.38 bits per heavy atom. The highest BCUT2D eigenvalue weighted by Crippen LogP contribution is 2.20. The van der Waals surface area contributed by atoms with Crippen molar-refractivity contribution in [3.63, 3.8) is 0 Å². The summed E-state index contributed by atoms with van der Waals surface area (Å²) in [6.45, 7) is 4.16. The minimum atomic E-state index is -0.361. The number of hydrogen-bond acceptors (Lipinski definition) is 4. The van der Waals surface area contributed by atoms with E-state index in [9.17, 15) is 10.1 Å². The number of piperidine rings is 1. The van der Waals surface area contributed by atoms with Crippen molar-refractivity contribution in [2.24, 2.45) is 5.73 Å². The second-order valence-electron chi connectivity index (χ2n) is 5.63. The van der Waals surface area contributed by atoms with Crippen LogP contribution in [0.4, 0.5) is 5.69 Å². The molecule has 0 aromatic heterocycles. The molecule has 2 N–H and O–H groups in total. The maximum atomic E-state index is 10.6. The molecule has 2 atom stereocenters. The average molecular weight is 314 g/mol. The summed E-state index contributed by atoms with van der Waals surface area (Å²) >= 11 is 0. The fourth-order valence-electron chi connectivity index (χ4n) is 2.95. The molecule has 0 aliphatic carbocycles. The summed E-state index contributed by atoms with van der Waals surface area (Å²) in [5.74, 6) is 0. The van der Waals surface area contributed by atoms with Gasteiger partial charge in [0.25, 0.3) is 5.69 Å². The van der Waals surface area contributed by atoms with Crippen molar-refractivity contribution in [1.29, 1.82) is 0 Å². The molecule has 0 bridgehead atoms. The van der Waals surface area contributed by atoms with Crippen LogP contribution in [0.3, 0.4) is 0 Å². The molecule has 1 fully saturated rings. The number of benzene rings is 1. The van der Waals surface area contributed by atoms with E-state index in [4.69, 9.17) is 5.73 Å². The van der Waals surface area contributed by atoms with Gasteiger partial charge in [-0.3, -0.25) is 15.0 Å². The van der Waals surface area contributed by atoms with Crippen molar-refractivity contribution in [1.82, 2.24) is 4.90 Å². The predicted molar refractivity (Wildman–Crippen MR) is 86.9 cm³/mol. The van der Waals surface area contributed by atoms with Gasteiger partial charge in [-0.15, -0.1) is 12.4 Å². The normalized spacial score (nSPS) is 20.6. The third kappa shape index (κ3) is 4.95. The van der Waals surface area contributed by atoms with Crippen molar-refractivity contribution >= 4 is 18.1 Å². The molecular formula is C15H24ClN3O2. The second-order valence-corrected chi connectivity index (χ2v) is 5.63. The van der Waals surface area contributed by atoms with Crippen molar-refractivity contribution in [3.05, 3.63) is 39.9 Å². The van der Waals surface area contributed by atoms with Crippen LogP contribution in [0.5, 0.6) is 0 Å². The Morgan fingerprint density at radius 2 is 2.05 bits per heavy atom. The molecule has 1 heterocycles. The lowest BCUT2D eigenvalue weighted by molar-refractivity contribution is -0.384. The maximum absolute atomic E-state index is 10.6. The van der Waals surface area contributed by atoms with Crippen LogP contribution in [0.15, 0.2) is 24.3 Å². The summed E-state index contributed by atoms with van der Waals surface area (Å²) in [7, 11) is 0. The fraction of sp³-hybridized carbons (Fsp3) is 0.600. The van der Waals surface area contributed by atoms with Crippen LogP contribution in [0.1, 0.15) is 31.7 Å². The smallest absolute Gasteiger partial charge is 0.269 e. The molecule has 1 aliphatic heterocycles. The van der Waals surface area contributed by atoms with E-state index >= 15 is 0 Å². The largest absolute Gasteiger partial charge is 0.327 e. The molecule has 1 aromatic carbocycles. The van der Waals surface area contributed by atoms with Crippen LogP contribution >= 0.6 is 12.4 Å². The van der Waals surface area contributed by atoms with Gasteiger partial charge in [0.1, 0.15) is 0 Å². The van der Waals surface area contributed by atoms with E-state index in [-0.39, 0.29) is 29.1 Å². The van der Waals surface area contributed by atoms with E-state index in [1.54, 1.807) is 12.1 Å². The molecule has 1 saturated heterocycles. The number of nitro benzene ring substituents is 1.